The number of benzene rings is 1. The van der Waals surface area contributed by atoms with Gasteiger partial charge in [-0.1, -0.05) is 44.2 Å². The van der Waals surface area contributed by atoms with Crippen molar-refractivity contribution in [3.05, 3.63) is 52.5 Å². The number of hydrogen-bond acceptors (Lipinski definition) is 4. The Balaban J connectivity index is 1.88. The normalized spacial score (nSPS) is 15.2. The monoisotopic (exact) mass is 303 g/mol. The summed E-state index contributed by atoms with van der Waals surface area (Å²) in [5, 5.41) is 5.95. The van der Waals surface area contributed by atoms with Crippen LogP contribution in [-0.4, -0.2) is 17.4 Å². The maximum Gasteiger partial charge on any atom is 0.224 e. The molecular weight excluding hydrogens is 282 g/mol. The highest BCUT2D eigenvalue weighted by molar-refractivity contribution is 7.09. The number of carbonyl (C=O) groups excluding carboxylic acids is 1. The number of rotatable bonds is 6. The molecule has 4 nitrogen and oxygen atoms in total. The van der Waals surface area contributed by atoms with Crippen molar-refractivity contribution in [3.8, 4) is 0 Å². The first-order valence-electron chi connectivity index (χ1n) is 7.07. The van der Waals surface area contributed by atoms with E-state index in [0.717, 1.165) is 10.6 Å². The molecular formula is C16H21N3OS. The van der Waals surface area contributed by atoms with Crippen molar-refractivity contribution in [1.29, 1.82) is 0 Å². The van der Waals surface area contributed by atoms with Crippen LogP contribution in [0.4, 0.5) is 0 Å². The van der Waals surface area contributed by atoms with Gasteiger partial charge in [-0.2, -0.15) is 0 Å². The smallest absolute Gasteiger partial charge is 0.224 e. The second kappa shape index (κ2) is 7.33. The summed E-state index contributed by atoms with van der Waals surface area (Å²) in [6, 6.07) is 9.42. The van der Waals surface area contributed by atoms with E-state index < -0.39 is 0 Å². The minimum Gasteiger partial charge on any atom is -0.355 e. The van der Waals surface area contributed by atoms with Crippen LogP contribution in [0.5, 0.6) is 0 Å². The SMILES string of the molecule is CC(CNC(=O)C(C)C(N)c1ccccc1)c1nccs1. The first-order valence-corrected chi connectivity index (χ1v) is 7.95. The topological polar surface area (TPSA) is 68.0 Å². The summed E-state index contributed by atoms with van der Waals surface area (Å²) >= 11 is 1.61. The maximum atomic E-state index is 12.2. The van der Waals surface area contributed by atoms with Gasteiger partial charge in [0.05, 0.1) is 10.9 Å². The molecule has 5 heteroatoms. The number of aromatic nitrogens is 1. The zero-order chi connectivity index (χ0) is 15.2. The van der Waals surface area contributed by atoms with Gasteiger partial charge in [0, 0.05) is 30.1 Å². The fourth-order valence-electron chi connectivity index (χ4n) is 2.11. The van der Waals surface area contributed by atoms with Crippen LogP contribution in [0.2, 0.25) is 0 Å². The molecule has 0 saturated carbocycles. The van der Waals surface area contributed by atoms with Crippen molar-refractivity contribution >= 4 is 17.2 Å². The van der Waals surface area contributed by atoms with Crippen LogP contribution in [0, 0.1) is 5.92 Å². The van der Waals surface area contributed by atoms with Gasteiger partial charge >= 0.3 is 0 Å². The predicted molar refractivity (Wildman–Crippen MR) is 86.1 cm³/mol. The fourth-order valence-corrected chi connectivity index (χ4v) is 2.81. The summed E-state index contributed by atoms with van der Waals surface area (Å²) in [5.74, 6) is -0.0697. The third-order valence-electron chi connectivity index (χ3n) is 3.59. The lowest BCUT2D eigenvalue weighted by molar-refractivity contribution is -0.125. The highest BCUT2D eigenvalue weighted by Gasteiger charge is 2.22. The summed E-state index contributed by atoms with van der Waals surface area (Å²) in [4.78, 5) is 16.5. The molecule has 2 aromatic rings. The van der Waals surface area contributed by atoms with Crippen LogP contribution in [0.1, 0.15) is 36.4 Å². The summed E-state index contributed by atoms with van der Waals surface area (Å²) in [7, 11) is 0. The molecule has 3 atom stereocenters. The second-order valence-electron chi connectivity index (χ2n) is 5.24. The van der Waals surface area contributed by atoms with Gasteiger partial charge in [-0.3, -0.25) is 4.79 Å². The van der Waals surface area contributed by atoms with Crippen LogP contribution >= 0.6 is 11.3 Å². The van der Waals surface area contributed by atoms with Crippen LogP contribution in [0.15, 0.2) is 41.9 Å². The van der Waals surface area contributed by atoms with Gasteiger partial charge in [0.2, 0.25) is 5.91 Å². The van der Waals surface area contributed by atoms with Crippen molar-refractivity contribution in [2.75, 3.05) is 6.54 Å². The minimum absolute atomic E-state index is 0.0187. The number of nitrogens with zero attached hydrogens (tertiary/aromatic N) is 1. The molecule has 0 fully saturated rings. The first-order chi connectivity index (χ1) is 10.1. The molecule has 0 bridgehead atoms. The van der Waals surface area contributed by atoms with Crippen molar-refractivity contribution in [2.45, 2.75) is 25.8 Å². The van der Waals surface area contributed by atoms with Crippen LogP contribution in [0.25, 0.3) is 0 Å². The van der Waals surface area contributed by atoms with Crippen molar-refractivity contribution < 1.29 is 4.79 Å². The molecule has 1 aromatic carbocycles. The standard InChI is InChI=1S/C16H21N3OS/c1-11(16-18-8-9-21-16)10-19-15(20)12(2)14(17)13-6-4-3-5-7-13/h3-9,11-12,14H,10,17H2,1-2H3,(H,19,20). The zero-order valence-corrected chi connectivity index (χ0v) is 13.1. The van der Waals surface area contributed by atoms with Gasteiger partial charge in [-0.25, -0.2) is 4.98 Å². The Kier molecular flexibility index (Phi) is 5.47. The Morgan fingerprint density at radius 1 is 1.33 bits per heavy atom. The molecule has 1 aromatic heterocycles. The van der Waals surface area contributed by atoms with E-state index in [2.05, 4.69) is 17.2 Å². The van der Waals surface area contributed by atoms with E-state index in [1.807, 2.05) is 42.6 Å². The van der Waals surface area contributed by atoms with E-state index in [9.17, 15) is 4.79 Å². The van der Waals surface area contributed by atoms with Gasteiger partial charge < -0.3 is 11.1 Å². The molecule has 0 spiro atoms. The molecule has 0 aliphatic heterocycles. The summed E-state index contributed by atoms with van der Waals surface area (Å²) in [6.45, 7) is 4.50. The Hall–Kier alpha value is -1.72. The number of hydrogen-bond donors (Lipinski definition) is 2. The zero-order valence-electron chi connectivity index (χ0n) is 12.3. The number of amides is 1. The lowest BCUT2D eigenvalue weighted by Crippen LogP contribution is -2.37. The molecule has 0 aliphatic rings. The lowest BCUT2D eigenvalue weighted by Gasteiger charge is -2.20. The highest BCUT2D eigenvalue weighted by Crippen LogP contribution is 2.20. The van der Waals surface area contributed by atoms with Gasteiger partial charge in [-0.15, -0.1) is 11.3 Å². The van der Waals surface area contributed by atoms with Crippen molar-refractivity contribution in [2.24, 2.45) is 11.7 Å². The predicted octanol–water partition coefficient (Wildman–Crippen LogP) is 2.70. The van der Waals surface area contributed by atoms with E-state index in [4.69, 9.17) is 5.73 Å². The first kappa shape index (κ1) is 15.7. The third-order valence-corrected chi connectivity index (χ3v) is 4.60. The Labute approximate surface area is 129 Å². The summed E-state index contributed by atoms with van der Waals surface area (Å²) < 4.78 is 0. The molecule has 3 N–H and O–H groups in total. The Morgan fingerprint density at radius 2 is 2.05 bits per heavy atom. The van der Waals surface area contributed by atoms with Crippen LogP contribution in [0.3, 0.4) is 0 Å². The molecule has 1 amide bonds. The summed E-state index contributed by atoms with van der Waals surface area (Å²) in [6.07, 6.45) is 1.78. The molecule has 112 valence electrons. The van der Waals surface area contributed by atoms with E-state index in [1.165, 1.54) is 0 Å². The highest BCUT2D eigenvalue weighted by atomic mass is 32.1. The number of nitrogens with one attached hydrogen (secondary N) is 1. The van der Waals surface area contributed by atoms with Crippen molar-refractivity contribution in [1.82, 2.24) is 10.3 Å². The molecule has 1 heterocycles. The van der Waals surface area contributed by atoms with Crippen LogP contribution < -0.4 is 11.1 Å². The molecule has 21 heavy (non-hydrogen) atoms. The van der Waals surface area contributed by atoms with Gasteiger partial charge in [-0.05, 0) is 5.56 Å². The van der Waals surface area contributed by atoms with Crippen molar-refractivity contribution in [3.63, 3.8) is 0 Å². The van der Waals surface area contributed by atoms with Gasteiger partial charge in [0.25, 0.3) is 0 Å². The molecule has 0 saturated heterocycles. The number of carbonyl (C=O) groups is 1. The summed E-state index contributed by atoms with van der Waals surface area (Å²) in [5.41, 5.74) is 7.15. The molecule has 0 aliphatic carbocycles. The van der Waals surface area contributed by atoms with Gasteiger partial charge in [0.1, 0.15) is 0 Å². The quantitative estimate of drug-likeness (QED) is 0.862. The van der Waals surface area contributed by atoms with Crippen LogP contribution in [-0.2, 0) is 4.79 Å². The number of nitrogens with two attached hydrogens (primary N) is 1. The van der Waals surface area contributed by atoms with E-state index in [0.29, 0.717) is 6.54 Å². The fraction of sp³-hybridized carbons (Fsp3) is 0.375. The Morgan fingerprint density at radius 3 is 2.67 bits per heavy atom. The molecule has 3 unspecified atom stereocenters. The third kappa shape index (κ3) is 4.12. The largest absolute Gasteiger partial charge is 0.355 e. The molecule has 0 radical (unpaired) electrons. The average molecular weight is 303 g/mol. The minimum atomic E-state index is -0.290. The van der Waals surface area contributed by atoms with E-state index >= 15 is 0 Å². The van der Waals surface area contributed by atoms with E-state index in [1.54, 1.807) is 17.5 Å². The number of thiazole rings is 1. The average Bonchev–Trinajstić information content (AvgIpc) is 3.06. The lowest BCUT2D eigenvalue weighted by atomic mass is 9.94. The van der Waals surface area contributed by atoms with Gasteiger partial charge in [0.15, 0.2) is 0 Å². The second-order valence-corrected chi connectivity index (χ2v) is 6.17. The Bertz CT molecular complexity index is 556. The maximum absolute atomic E-state index is 12.2. The molecule has 2 rings (SSSR count). The van der Waals surface area contributed by atoms with E-state index in [-0.39, 0.29) is 23.8 Å².